The number of carbonyl (C=O) groups is 3. The predicted molar refractivity (Wildman–Crippen MR) is 127 cm³/mol. The molecule has 1 aromatic heterocycles. The third kappa shape index (κ3) is 5.72. The van der Waals surface area contributed by atoms with Crippen molar-refractivity contribution in [2.45, 2.75) is 6.18 Å². The average Bonchev–Trinajstić information content (AvgIpc) is 3.35. The molecular weight excluding hydrogens is 528 g/mol. The van der Waals surface area contributed by atoms with Gasteiger partial charge in [-0.05, 0) is 60.3 Å². The van der Waals surface area contributed by atoms with Crippen LogP contribution in [0, 0.1) is 0 Å². The smallest absolute Gasteiger partial charge is 0.416 e. The number of alkyl halides is 3. The van der Waals surface area contributed by atoms with Gasteiger partial charge in [-0.15, -0.1) is 0 Å². The molecule has 2 aromatic carbocycles. The van der Waals surface area contributed by atoms with Gasteiger partial charge in [0.25, 0.3) is 11.1 Å². The zero-order chi connectivity index (χ0) is 25.3. The maximum absolute atomic E-state index is 12.9. The van der Waals surface area contributed by atoms with Crippen molar-refractivity contribution in [3.05, 3.63) is 80.9 Å². The van der Waals surface area contributed by atoms with E-state index in [-0.39, 0.29) is 16.4 Å². The molecule has 6 nitrogen and oxygen atoms in total. The SMILES string of the molecule is O=C(CN1C(=O)S/C(=C\c2ccc(-c3cc(Cl)ccc3Cl)o2)C1=O)Nc1cccc(C(F)(F)F)c1. The molecule has 1 saturated heterocycles. The summed E-state index contributed by atoms with van der Waals surface area (Å²) in [5.41, 5.74) is -0.519. The molecule has 0 bridgehead atoms. The van der Waals surface area contributed by atoms with Crippen LogP contribution in [0.25, 0.3) is 17.4 Å². The highest BCUT2D eigenvalue weighted by Gasteiger charge is 2.37. The molecule has 0 saturated carbocycles. The third-order valence-corrected chi connectivity index (χ3v) is 6.22. The average molecular weight is 541 g/mol. The molecule has 0 aliphatic carbocycles. The Bertz CT molecular complexity index is 1370. The van der Waals surface area contributed by atoms with Gasteiger partial charge in [0.15, 0.2) is 0 Å². The second kappa shape index (κ2) is 9.80. The van der Waals surface area contributed by atoms with Crippen LogP contribution >= 0.6 is 35.0 Å². The largest absolute Gasteiger partial charge is 0.457 e. The maximum Gasteiger partial charge on any atom is 0.416 e. The van der Waals surface area contributed by atoms with Crippen LogP contribution in [-0.2, 0) is 15.8 Å². The summed E-state index contributed by atoms with van der Waals surface area (Å²) in [6.07, 6.45) is -3.24. The Kier molecular flexibility index (Phi) is 6.98. The first-order valence-electron chi connectivity index (χ1n) is 9.79. The Morgan fingerprint density at radius 3 is 2.60 bits per heavy atom. The van der Waals surface area contributed by atoms with Crippen LogP contribution in [0.2, 0.25) is 10.0 Å². The highest BCUT2D eigenvalue weighted by Crippen LogP contribution is 2.35. The highest BCUT2D eigenvalue weighted by molar-refractivity contribution is 8.18. The lowest BCUT2D eigenvalue weighted by atomic mass is 10.2. The highest BCUT2D eigenvalue weighted by atomic mass is 35.5. The topological polar surface area (TPSA) is 79.6 Å². The summed E-state index contributed by atoms with van der Waals surface area (Å²) in [6.45, 7) is -0.667. The van der Waals surface area contributed by atoms with Crippen molar-refractivity contribution in [3.63, 3.8) is 0 Å². The fourth-order valence-electron chi connectivity index (χ4n) is 3.14. The van der Waals surface area contributed by atoms with Gasteiger partial charge in [0.05, 0.1) is 15.5 Å². The summed E-state index contributed by atoms with van der Waals surface area (Å²) in [4.78, 5) is 38.0. The second-order valence-electron chi connectivity index (χ2n) is 7.22. The molecule has 12 heteroatoms. The maximum atomic E-state index is 12.9. The molecule has 1 aliphatic rings. The Labute approximate surface area is 210 Å². The molecule has 3 amide bonds. The van der Waals surface area contributed by atoms with Crippen LogP contribution in [0.3, 0.4) is 0 Å². The monoisotopic (exact) mass is 540 g/mol. The number of thioether (sulfide) groups is 1. The minimum atomic E-state index is -4.58. The van der Waals surface area contributed by atoms with Crippen molar-refractivity contribution in [2.24, 2.45) is 0 Å². The quantitative estimate of drug-likeness (QED) is 0.354. The molecule has 0 atom stereocenters. The van der Waals surface area contributed by atoms with Gasteiger partial charge >= 0.3 is 6.18 Å². The summed E-state index contributed by atoms with van der Waals surface area (Å²) in [5.74, 6) is -0.917. The summed E-state index contributed by atoms with van der Waals surface area (Å²) in [6, 6.07) is 12.1. The standard InChI is InChI=1S/C23H13Cl2F3N2O4S/c24-13-4-6-17(25)16(9-13)18-7-5-15(34-18)10-19-21(32)30(22(33)35-19)11-20(31)29-14-3-1-2-12(8-14)23(26,27)28/h1-10H,11H2,(H,29,31)/b19-10-. The molecule has 4 rings (SSSR count). The van der Waals surface area contributed by atoms with Gasteiger partial charge in [-0.2, -0.15) is 13.2 Å². The van der Waals surface area contributed by atoms with Gasteiger partial charge in [0.2, 0.25) is 5.91 Å². The van der Waals surface area contributed by atoms with Gasteiger partial charge in [-0.25, -0.2) is 0 Å². The van der Waals surface area contributed by atoms with Crippen LogP contribution < -0.4 is 5.32 Å². The number of anilines is 1. The van der Waals surface area contributed by atoms with Crippen LogP contribution in [0.5, 0.6) is 0 Å². The van der Waals surface area contributed by atoms with Crippen LogP contribution in [0.1, 0.15) is 11.3 Å². The van der Waals surface area contributed by atoms with Crippen molar-refractivity contribution >= 4 is 63.8 Å². The number of nitrogens with zero attached hydrogens (tertiary/aromatic N) is 1. The van der Waals surface area contributed by atoms with E-state index in [1.165, 1.54) is 12.1 Å². The van der Waals surface area contributed by atoms with Gasteiger partial charge in [0, 0.05) is 22.3 Å². The predicted octanol–water partition coefficient (Wildman–Crippen LogP) is 6.95. The Morgan fingerprint density at radius 1 is 1.09 bits per heavy atom. The molecule has 0 unspecified atom stereocenters. The Balaban J connectivity index is 1.45. The zero-order valence-corrected chi connectivity index (χ0v) is 19.7. The van der Waals surface area contributed by atoms with Gasteiger partial charge in [-0.1, -0.05) is 29.3 Å². The molecule has 0 spiro atoms. The summed E-state index contributed by atoms with van der Waals surface area (Å²) < 4.78 is 44.3. The van der Waals surface area contributed by atoms with Crippen LogP contribution in [-0.4, -0.2) is 28.5 Å². The minimum absolute atomic E-state index is 0.0139. The molecular formula is C23H13Cl2F3N2O4S. The van der Waals surface area contributed by atoms with Crippen molar-refractivity contribution in [2.75, 3.05) is 11.9 Å². The number of benzene rings is 2. The molecule has 1 fully saturated rings. The number of halogens is 5. The molecule has 0 radical (unpaired) electrons. The van der Waals surface area contributed by atoms with Crippen molar-refractivity contribution in [3.8, 4) is 11.3 Å². The van der Waals surface area contributed by atoms with Crippen molar-refractivity contribution < 1.29 is 32.0 Å². The van der Waals surface area contributed by atoms with E-state index in [1.54, 1.807) is 30.3 Å². The number of furan rings is 1. The van der Waals surface area contributed by atoms with Gasteiger partial charge in [0.1, 0.15) is 18.1 Å². The Hall–Kier alpha value is -3.21. The number of amides is 3. The summed E-state index contributed by atoms with van der Waals surface area (Å²) in [5, 5.41) is 2.41. The van der Waals surface area contributed by atoms with E-state index in [2.05, 4.69) is 5.32 Å². The lowest BCUT2D eigenvalue weighted by Gasteiger charge is -2.13. The molecule has 180 valence electrons. The summed E-state index contributed by atoms with van der Waals surface area (Å²) in [7, 11) is 0. The first kappa shape index (κ1) is 24.9. The van der Waals surface area contributed by atoms with E-state index in [4.69, 9.17) is 27.6 Å². The van der Waals surface area contributed by atoms with Gasteiger partial charge < -0.3 is 9.73 Å². The first-order valence-corrected chi connectivity index (χ1v) is 11.4. The number of hydrogen-bond acceptors (Lipinski definition) is 5. The second-order valence-corrected chi connectivity index (χ2v) is 9.06. The molecule has 1 aliphatic heterocycles. The molecule has 2 heterocycles. The molecule has 35 heavy (non-hydrogen) atoms. The van der Waals surface area contributed by atoms with Crippen molar-refractivity contribution in [1.29, 1.82) is 0 Å². The lowest BCUT2D eigenvalue weighted by molar-refractivity contribution is -0.137. The molecule has 1 N–H and O–H groups in total. The number of nitrogens with one attached hydrogen (secondary N) is 1. The zero-order valence-electron chi connectivity index (χ0n) is 17.4. The lowest BCUT2D eigenvalue weighted by Crippen LogP contribution is -2.36. The first-order chi connectivity index (χ1) is 16.5. The normalized spacial score (nSPS) is 15.2. The van der Waals surface area contributed by atoms with E-state index in [0.717, 1.165) is 18.2 Å². The van der Waals surface area contributed by atoms with E-state index in [9.17, 15) is 27.6 Å². The summed E-state index contributed by atoms with van der Waals surface area (Å²) >= 11 is 12.8. The van der Waals surface area contributed by atoms with E-state index in [1.807, 2.05) is 0 Å². The van der Waals surface area contributed by atoms with E-state index in [0.29, 0.717) is 38.0 Å². The number of carbonyl (C=O) groups excluding carboxylic acids is 3. The van der Waals surface area contributed by atoms with E-state index >= 15 is 0 Å². The number of imide groups is 1. The Morgan fingerprint density at radius 2 is 1.86 bits per heavy atom. The van der Waals surface area contributed by atoms with E-state index < -0.39 is 35.3 Å². The van der Waals surface area contributed by atoms with Crippen molar-refractivity contribution in [1.82, 2.24) is 4.90 Å². The van der Waals surface area contributed by atoms with Crippen LogP contribution in [0.15, 0.2) is 63.9 Å². The fourth-order valence-corrected chi connectivity index (χ4v) is 4.35. The fraction of sp³-hybridized carbons (Fsp3) is 0.0870. The molecule has 3 aromatic rings. The minimum Gasteiger partial charge on any atom is -0.457 e. The third-order valence-electron chi connectivity index (χ3n) is 4.74. The number of hydrogen-bond donors (Lipinski definition) is 1. The van der Waals surface area contributed by atoms with Gasteiger partial charge in [-0.3, -0.25) is 19.3 Å². The van der Waals surface area contributed by atoms with Crippen LogP contribution in [0.4, 0.5) is 23.7 Å². The number of rotatable bonds is 5.